The van der Waals surface area contributed by atoms with E-state index >= 15 is 0 Å². The molecule has 0 bridgehead atoms. The van der Waals surface area contributed by atoms with Crippen molar-refractivity contribution in [2.75, 3.05) is 40.3 Å². The molecule has 10 nitrogen and oxygen atoms in total. The predicted molar refractivity (Wildman–Crippen MR) is 119 cm³/mol. The van der Waals surface area contributed by atoms with Crippen LogP contribution >= 0.6 is 24.0 Å². The average molecular weight is 536 g/mol. The first kappa shape index (κ1) is 23.3. The maximum absolute atomic E-state index is 12.5. The monoisotopic (exact) mass is 536 g/mol. The molecule has 160 valence electrons. The van der Waals surface area contributed by atoms with Gasteiger partial charge < -0.3 is 19.5 Å². The Morgan fingerprint density at radius 1 is 1.31 bits per heavy atom. The number of halogens is 1. The van der Waals surface area contributed by atoms with Gasteiger partial charge in [0.25, 0.3) is 0 Å². The minimum Gasteiger partial charge on any atom is -0.481 e. The highest BCUT2D eigenvalue weighted by atomic mass is 127. The summed E-state index contributed by atoms with van der Waals surface area (Å²) in [5, 5.41) is 6.97. The predicted octanol–water partition coefficient (Wildman–Crippen LogP) is 0.919. The third-order valence-electron chi connectivity index (χ3n) is 4.45. The molecule has 12 heteroatoms. The fourth-order valence-corrected chi connectivity index (χ4v) is 4.44. The topological polar surface area (TPSA) is 113 Å². The zero-order chi connectivity index (χ0) is 20.0. The summed E-state index contributed by atoms with van der Waals surface area (Å²) < 4.78 is 36.5. The van der Waals surface area contributed by atoms with E-state index in [4.69, 9.17) is 9.26 Å². The number of guanidine groups is 1. The van der Waals surface area contributed by atoms with E-state index in [0.717, 1.165) is 5.56 Å². The molecule has 0 amide bonds. The molecule has 0 unspecified atom stereocenters. The van der Waals surface area contributed by atoms with Gasteiger partial charge in [0.15, 0.2) is 5.96 Å². The van der Waals surface area contributed by atoms with Crippen LogP contribution in [0.4, 0.5) is 0 Å². The van der Waals surface area contributed by atoms with Gasteiger partial charge in [0, 0.05) is 57.6 Å². The highest BCUT2D eigenvalue weighted by molar-refractivity contribution is 14.0. The lowest BCUT2D eigenvalue weighted by Gasteiger charge is -2.35. The number of ether oxygens (including phenoxy) is 1. The first-order valence-electron chi connectivity index (χ1n) is 8.84. The van der Waals surface area contributed by atoms with Gasteiger partial charge in [-0.15, -0.1) is 24.0 Å². The molecule has 0 aliphatic carbocycles. The molecule has 1 N–H and O–H groups in total. The number of hydrogen-bond donors (Lipinski definition) is 1. The lowest BCUT2D eigenvalue weighted by atomic mass is 10.2. The highest BCUT2D eigenvalue weighted by Gasteiger charge is 2.29. The summed E-state index contributed by atoms with van der Waals surface area (Å²) in [4.78, 5) is 10.5. The highest BCUT2D eigenvalue weighted by Crippen LogP contribution is 2.15. The van der Waals surface area contributed by atoms with Gasteiger partial charge in [-0.25, -0.2) is 13.4 Å². The summed E-state index contributed by atoms with van der Waals surface area (Å²) in [5.74, 6) is 1.12. The second-order valence-electron chi connectivity index (χ2n) is 6.21. The van der Waals surface area contributed by atoms with E-state index in [9.17, 15) is 8.42 Å². The molecule has 3 rings (SSSR count). The fraction of sp³-hybridized carbons (Fsp3) is 0.471. The van der Waals surface area contributed by atoms with Crippen LogP contribution in [0, 0.1) is 0 Å². The molecular weight excluding hydrogens is 511 g/mol. The third kappa shape index (κ3) is 6.02. The van der Waals surface area contributed by atoms with Crippen LogP contribution in [-0.4, -0.2) is 74.1 Å². The number of sulfonamides is 1. The summed E-state index contributed by atoms with van der Waals surface area (Å²) in [7, 11) is -0.140. The number of nitrogens with one attached hydrogen (secondary N) is 1. The summed E-state index contributed by atoms with van der Waals surface area (Å²) in [6.45, 7) is 2.37. The Labute approximate surface area is 187 Å². The number of nitrogens with zero attached hydrogens (tertiary/aromatic N) is 5. The van der Waals surface area contributed by atoms with Gasteiger partial charge in [-0.05, 0) is 6.07 Å². The Kier molecular flexibility index (Phi) is 8.64. The summed E-state index contributed by atoms with van der Waals surface area (Å²) >= 11 is 0. The van der Waals surface area contributed by atoms with Crippen LogP contribution in [0.25, 0.3) is 0 Å². The molecule has 0 aromatic carbocycles. The quantitative estimate of drug-likeness (QED) is 0.330. The number of pyridine rings is 1. The lowest BCUT2D eigenvalue weighted by molar-refractivity contribution is 0.259. The van der Waals surface area contributed by atoms with E-state index in [1.807, 2.05) is 17.0 Å². The third-order valence-corrected chi connectivity index (χ3v) is 6.26. The molecule has 2 aromatic rings. The van der Waals surface area contributed by atoms with Crippen LogP contribution in [0.5, 0.6) is 5.88 Å². The molecule has 0 radical (unpaired) electrons. The van der Waals surface area contributed by atoms with Gasteiger partial charge in [0.05, 0.1) is 12.8 Å². The van der Waals surface area contributed by atoms with Crippen molar-refractivity contribution in [2.24, 2.45) is 4.99 Å². The van der Waals surface area contributed by atoms with Crippen LogP contribution in [-0.2, 0) is 22.3 Å². The van der Waals surface area contributed by atoms with E-state index in [1.54, 1.807) is 26.4 Å². The van der Waals surface area contributed by atoms with Crippen molar-refractivity contribution in [3.63, 3.8) is 0 Å². The van der Waals surface area contributed by atoms with E-state index in [2.05, 4.69) is 20.4 Å². The number of piperazine rings is 1. The number of aromatic nitrogens is 2. The lowest BCUT2D eigenvalue weighted by Crippen LogP contribution is -2.53. The Hall–Kier alpha value is -1.93. The minimum absolute atomic E-state index is 0. The van der Waals surface area contributed by atoms with Gasteiger partial charge in [-0.1, -0.05) is 11.2 Å². The smallest absolute Gasteiger partial charge is 0.220 e. The second-order valence-corrected chi connectivity index (χ2v) is 8.17. The molecule has 0 saturated carbocycles. The first-order valence-corrected chi connectivity index (χ1v) is 10.4. The number of rotatable bonds is 6. The maximum atomic E-state index is 12.5. The molecular formula is C17H25IN6O4S. The Balaban J connectivity index is 0.00000300. The molecule has 1 saturated heterocycles. The zero-order valence-corrected chi connectivity index (χ0v) is 19.5. The van der Waals surface area contributed by atoms with Gasteiger partial charge >= 0.3 is 0 Å². The molecule has 0 atom stereocenters. The molecule has 1 fully saturated rings. The van der Waals surface area contributed by atoms with Gasteiger partial charge in [-0.3, -0.25) is 4.99 Å². The first-order chi connectivity index (χ1) is 13.5. The van der Waals surface area contributed by atoms with Crippen molar-refractivity contribution in [1.82, 2.24) is 24.7 Å². The van der Waals surface area contributed by atoms with Crippen LogP contribution in [0.1, 0.15) is 11.3 Å². The molecule has 29 heavy (non-hydrogen) atoms. The fourth-order valence-electron chi connectivity index (χ4n) is 3.02. The molecule has 0 spiro atoms. The molecule has 2 aromatic heterocycles. The van der Waals surface area contributed by atoms with Gasteiger partial charge in [0.1, 0.15) is 12.0 Å². The average Bonchev–Trinajstić information content (AvgIpc) is 3.21. The van der Waals surface area contributed by atoms with E-state index in [0.29, 0.717) is 50.3 Å². The Morgan fingerprint density at radius 2 is 2.07 bits per heavy atom. The van der Waals surface area contributed by atoms with Crippen molar-refractivity contribution in [1.29, 1.82) is 0 Å². The van der Waals surface area contributed by atoms with Crippen LogP contribution in [0.2, 0.25) is 0 Å². The van der Waals surface area contributed by atoms with Crippen molar-refractivity contribution >= 4 is 40.0 Å². The number of hydrogen-bond acceptors (Lipinski definition) is 7. The standard InChI is InChI=1S/C17H24N6O4S.HI/c1-18-17(20-12-14-4-3-6-19-16(14)26-2)22-7-9-23(10-8-22)28(24,25)13-15-5-11-27-21-15;/h3-6,11H,7-10,12-13H2,1-2H3,(H,18,20);1H. The van der Waals surface area contributed by atoms with Gasteiger partial charge in [-0.2, -0.15) is 4.31 Å². The number of aliphatic imine (C=N–C) groups is 1. The van der Waals surface area contributed by atoms with Crippen molar-refractivity contribution in [3.8, 4) is 5.88 Å². The normalized spacial score (nSPS) is 15.7. The molecule has 1 aliphatic rings. The molecule has 3 heterocycles. The second kappa shape index (κ2) is 10.7. The maximum Gasteiger partial charge on any atom is 0.220 e. The largest absolute Gasteiger partial charge is 0.481 e. The van der Waals surface area contributed by atoms with Crippen LogP contribution in [0.3, 0.4) is 0 Å². The zero-order valence-electron chi connectivity index (χ0n) is 16.3. The Bertz CT molecular complexity index is 898. The van der Waals surface area contributed by atoms with Gasteiger partial charge in [0.2, 0.25) is 15.9 Å². The van der Waals surface area contributed by atoms with E-state index in [1.165, 1.54) is 10.6 Å². The molecule has 1 aliphatic heterocycles. The summed E-state index contributed by atoms with van der Waals surface area (Å²) in [6.07, 6.45) is 3.05. The van der Waals surface area contributed by atoms with Crippen molar-refractivity contribution in [3.05, 3.63) is 41.9 Å². The van der Waals surface area contributed by atoms with E-state index in [-0.39, 0.29) is 29.7 Å². The van der Waals surface area contributed by atoms with Crippen molar-refractivity contribution in [2.45, 2.75) is 12.3 Å². The SMILES string of the molecule is CN=C(NCc1cccnc1OC)N1CCN(S(=O)(=O)Cc2ccon2)CC1.I. The summed E-state index contributed by atoms with van der Waals surface area (Å²) in [6, 6.07) is 5.34. The number of methoxy groups -OCH3 is 1. The minimum atomic E-state index is -3.43. The van der Waals surface area contributed by atoms with Crippen molar-refractivity contribution < 1.29 is 17.7 Å². The Morgan fingerprint density at radius 3 is 2.69 bits per heavy atom. The van der Waals surface area contributed by atoms with Crippen LogP contribution < -0.4 is 10.1 Å². The summed E-state index contributed by atoms with van der Waals surface area (Å²) in [5.41, 5.74) is 1.32. The van der Waals surface area contributed by atoms with Crippen LogP contribution in [0.15, 0.2) is 40.2 Å². The van der Waals surface area contributed by atoms with E-state index < -0.39 is 10.0 Å².